The summed E-state index contributed by atoms with van der Waals surface area (Å²) in [6.45, 7) is 1.94. The SMILES string of the molecule is CSc1ccc(C(C)NC(=O)c2cnccc2Cl)cc1. The molecule has 0 radical (unpaired) electrons. The molecule has 1 unspecified atom stereocenters. The van der Waals surface area contributed by atoms with Crippen molar-refractivity contribution in [1.29, 1.82) is 0 Å². The number of hydrogen-bond acceptors (Lipinski definition) is 3. The molecule has 0 saturated carbocycles. The number of amides is 1. The number of aromatic nitrogens is 1. The third kappa shape index (κ3) is 3.52. The molecule has 2 aromatic rings. The fraction of sp³-hybridized carbons (Fsp3) is 0.200. The van der Waals surface area contributed by atoms with Crippen molar-refractivity contribution in [2.45, 2.75) is 17.9 Å². The first kappa shape index (κ1) is 14.9. The number of benzene rings is 1. The second-order valence-corrected chi connectivity index (χ2v) is 5.61. The Bertz CT molecular complexity index is 601. The Balaban J connectivity index is 2.09. The Morgan fingerprint density at radius 1 is 1.30 bits per heavy atom. The maximum Gasteiger partial charge on any atom is 0.254 e. The van der Waals surface area contributed by atoms with E-state index in [1.165, 1.54) is 11.1 Å². The summed E-state index contributed by atoms with van der Waals surface area (Å²) in [6.07, 6.45) is 5.06. The molecule has 1 aromatic heterocycles. The first-order valence-electron chi connectivity index (χ1n) is 6.16. The molecule has 1 N–H and O–H groups in total. The molecule has 3 nitrogen and oxygen atoms in total. The van der Waals surface area contributed by atoms with Crippen LogP contribution in [0.2, 0.25) is 5.02 Å². The highest BCUT2D eigenvalue weighted by atomic mass is 35.5. The van der Waals surface area contributed by atoms with Gasteiger partial charge < -0.3 is 5.32 Å². The zero-order valence-corrected chi connectivity index (χ0v) is 12.8. The molecule has 0 aliphatic heterocycles. The summed E-state index contributed by atoms with van der Waals surface area (Å²) in [4.78, 5) is 17.3. The minimum absolute atomic E-state index is 0.0883. The fourth-order valence-electron chi connectivity index (χ4n) is 1.79. The molecule has 0 fully saturated rings. The van der Waals surface area contributed by atoms with Gasteiger partial charge in [0.2, 0.25) is 0 Å². The number of nitrogens with zero attached hydrogens (tertiary/aromatic N) is 1. The summed E-state index contributed by atoms with van der Waals surface area (Å²) in [7, 11) is 0. The van der Waals surface area contributed by atoms with Crippen LogP contribution in [0, 0.1) is 0 Å². The minimum atomic E-state index is -0.218. The van der Waals surface area contributed by atoms with Crippen molar-refractivity contribution in [3.8, 4) is 0 Å². The van der Waals surface area contributed by atoms with Gasteiger partial charge in [-0.05, 0) is 36.9 Å². The van der Waals surface area contributed by atoms with Gasteiger partial charge >= 0.3 is 0 Å². The van der Waals surface area contributed by atoms with Gasteiger partial charge in [-0.25, -0.2) is 0 Å². The van der Waals surface area contributed by atoms with E-state index in [1.54, 1.807) is 24.0 Å². The molecular weight excluding hydrogens is 292 g/mol. The molecule has 2 rings (SSSR count). The summed E-state index contributed by atoms with van der Waals surface area (Å²) in [5.74, 6) is -0.218. The monoisotopic (exact) mass is 306 g/mol. The number of halogens is 1. The average molecular weight is 307 g/mol. The van der Waals surface area contributed by atoms with Crippen LogP contribution in [-0.4, -0.2) is 17.1 Å². The lowest BCUT2D eigenvalue weighted by Crippen LogP contribution is -2.27. The van der Waals surface area contributed by atoms with Crippen LogP contribution in [0.5, 0.6) is 0 Å². The Kier molecular flexibility index (Phi) is 5.04. The number of hydrogen-bond donors (Lipinski definition) is 1. The van der Waals surface area contributed by atoms with Gasteiger partial charge in [0.15, 0.2) is 0 Å². The van der Waals surface area contributed by atoms with E-state index in [-0.39, 0.29) is 11.9 Å². The molecule has 1 aromatic carbocycles. The number of pyridine rings is 1. The van der Waals surface area contributed by atoms with E-state index in [0.717, 1.165) is 5.56 Å². The molecule has 0 aliphatic rings. The van der Waals surface area contributed by atoms with Crippen LogP contribution >= 0.6 is 23.4 Å². The molecule has 5 heteroatoms. The second kappa shape index (κ2) is 6.77. The molecule has 20 heavy (non-hydrogen) atoms. The molecule has 104 valence electrons. The maximum atomic E-state index is 12.1. The van der Waals surface area contributed by atoms with Crippen LogP contribution in [0.1, 0.15) is 28.9 Å². The number of rotatable bonds is 4. The molecule has 0 saturated heterocycles. The third-order valence-electron chi connectivity index (χ3n) is 2.98. The van der Waals surface area contributed by atoms with Crippen molar-refractivity contribution in [2.24, 2.45) is 0 Å². The maximum absolute atomic E-state index is 12.1. The predicted octanol–water partition coefficient (Wildman–Crippen LogP) is 3.95. The van der Waals surface area contributed by atoms with Gasteiger partial charge in [-0.3, -0.25) is 9.78 Å². The lowest BCUT2D eigenvalue weighted by Gasteiger charge is -2.15. The number of nitrogens with one attached hydrogen (secondary N) is 1. The third-order valence-corrected chi connectivity index (χ3v) is 4.05. The van der Waals surface area contributed by atoms with Crippen LogP contribution < -0.4 is 5.32 Å². The van der Waals surface area contributed by atoms with Crippen LogP contribution in [-0.2, 0) is 0 Å². The number of carbonyl (C=O) groups excluding carboxylic acids is 1. The summed E-state index contributed by atoms with van der Waals surface area (Å²) in [5.41, 5.74) is 1.44. The Morgan fingerprint density at radius 2 is 2.00 bits per heavy atom. The fourth-order valence-corrected chi connectivity index (χ4v) is 2.39. The standard InChI is InChI=1S/C15H15ClN2OS/c1-10(11-3-5-12(20-2)6-4-11)18-15(19)13-9-17-8-7-14(13)16/h3-10H,1-2H3,(H,18,19). The average Bonchev–Trinajstić information content (AvgIpc) is 2.47. The van der Waals surface area contributed by atoms with Gasteiger partial charge in [0.25, 0.3) is 5.91 Å². The lowest BCUT2D eigenvalue weighted by molar-refractivity contribution is 0.0939. The first-order valence-corrected chi connectivity index (χ1v) is 7.76. The zero-order chi connectivity index (χ0) is 14.5. The van der Waals surface area contributed by atoms with Gasteiger partial charge in [0, 0.05) is 17.3 Å². The topological polar surface area (TPSA) is 42.0 Å². The molecule has 1 atom stereocenters. The van der Waals surface area contributed by atoms with Gasteiger partial charge in [-0.1, -0.05) is 23.7 Å². The van der Waals surface area contributed by atoms with Gasteiger partial charge in [0.1, 0.15) is 0 Å². The molecular formula is C15H15ClN2OS. The van der Waals surface area contributed by atoms with Crippen LogP contribution in [0.15, 0.2) is 47.6 Å². The molecule has 0 spiro atoms. The van der Waals surface area contributed by atoms with Crippen LogP contribution in [0.25, 0.3) is 0 Å². The number of thioether (sulfide) groups is 1. The highest BCUT2D eigenvalue weighted by molar-refractivity contribution is 7.98. The summed E-state index contributed by atoms with van der Waals surface area (Å²) in [5, 5.41) is 3.33. The zero-order valence-electron chi connectivity index (χ0n) is 11.3. The van der Waals surface area contributed by atoms with Crippen molar-refractivity contribution >= 4 is 29.3 Å². The minimum Gasteiger partial charge on any atom is -0.345 e. The van der Waals surface area contributed by atoms with Crippen molar-refractivity contribution in [1.82, 2.24) is 10.3 Å². The lowest BCUT2D eigenvalue weighted by atomic mass is 10.1. The molecule has 0 aliphatic carbocycles. The van der Waals surface area contributed by atoms with E-state index in [9.17, 15) is 4.79 Å². The van der Waals surface area contributed by atoms with Gasteiger partial charge in [-0.15, -0.1) is 11.8 Å². The van der Waals surface area contributed by atoms with E-state index in [1.807, 2.05) is 37.4 Å². The summed E-state index contributed by atoms with van der Waals surface area (Å²) in [6, 6.07) is 9.63. The van der Waals surface area contributed by atoms with Crippen LogP contribution in [0.3, 0.4) is 0 Å². The molecule has 0 bridgehead atoms. The van der Waals surface area contributed by atoms with Crippen molar-refractivity contribution in [3.63, 3.8) is 0 Å². The first-order chi connectivity index (χ1) is 9.61. The Labute approximate surface area is 127 Å². The largest absolute Gasteiger partial charge is 0.345 e. The highest BCUT2D eigenvalue weighted by Gasteiger charge is 2.14. The second-order valence-electron chi connectivity index (χ2n) is 4.32. The van der Waals surface area contributed by atoms with Crippen LogP contribution in [0.4, 0.5) is 0 Å². The van der Waals surface area contributed by atoms with Crippen molar-refractivity contribution in [3.05, 3.63) is 58.9 Å². The summed E-state index contributed by atoms with van der Waals surface area (Å²) >= 11 is 7.67. The van der Waals surface area contributed by atoms with Gasteiger partial charge in [0.05, 0.1) is 16.6 Å². The quantitative estimate of drug-likeness (QED) is 0.870. The Morgan fingerprint density at radius 3 is 2.60 bits per heavy atom. The summed E-state index contributed by atoms with van der Waals surface area (Å²) < 4.78 is 0. The van der Waals surface area contributed by atoms with Gasteiger partial charge in [-0.2, -0.15) is 0 Å². The number of carbonyl (C=O) groups is 1. The van der Waals surface area contributed by atoms with E-state index < -0.39 is 0 Å². The normalized spacial score (nSPS) is 11.9. The van der Waals surface area contributed by atoms with Crippen molar-refractivity contribution in [2.75, 3.05) is 6.26 Å². The Hall–Kier alpha value is -1.52. The van der Waals surface area contributed by atoms with E-state index in [4.69, 9.17) is 11.6 Å². The van der Waals surface area contributed by atoms with E-state index in [0.29, 0.717) is 10.6 Å². The van der Waals surface area contributed by atoms with E-state index >= 15 is 0 Å². The molecule has 1 heterocycles. The predicted molar refractivity (Wildman–Crippen MR) is 83.4 cm³/mol. The smallest absolute Gasteiger partial charge is 0.254 e. The van der Waals surface area contributed by atoms with Crippen molar-refractivity contribution < 1.29 is 4.79 Å². The highest BCUT2D eigenvalue weighted by Crippen LogP contribution is 2.20. The van der Waals surface area contributed by atoms with E-state index in [2.05, 4.69) is 10.3 Å². The molecule has 1 amide bonds.